The van der Waals surface area contributed by atoms with Crippen molar-refractivity contribution in [3.05, 3.63) is 28.8 Å². The van der Waals surface area contributed by atoms with Gasteiger partial charge >= 0.3 is 0 Å². The number of hydrogen-bond donors (Lipinski definition) is 1. The highest BCUT2D eigenvalue weighted by molar-refractivity contribution is 6.31. The van der Waals surface area contributed by atoms with Crippen molar-refractivity contribution in [3.8, 4) is 0 Å². The first-order valence-electron chi connectivity index (χ1n) is 6.87. The summed E-state index contributed by atoms with van der Waals surface area (Å²) >= 11 is 6.24. The largest absolute Gasteiger partial charge is 0.389 e. The van der Waals surface area contributed by atoms with E-state index in [2.05, 4.69) is 17.9 Å². The van der Waals surface area contributed by atoms with Gasteiger partial charge in [-0.3, -0.25) is 0 Å². The summed E-state index contributed by atoms with van der Waals surface area (Å²) in [6.07, 6.45) is 4.50. The summed E-state index contributed by atoms with van der Waals surface area (Å²) in [5.41, 5.74) is 2.01. The molecule has 0 spiro atoms. The van der Waals surface area contributed by atoms with E-state index in [1.54, 1.807) is 6.92 Å². The van der Waals surface area contributed by atoms with Crippen LogP contribution in [0.4, 0.5) is 5.69 Å². The van der Waals surface area contributed by atoms with Crippen LogP contribution in [-0.2, 0) is 0 Å². The molecule has 1 aliphatic rings. The fourth-order valence-corrected chi connectivity index (χ4v) is 2.60. The molecule has 2 rings (SSSR count). The lowest BCUT2D eigenvalue weighted by Crippen LogP contribution is -2.26. The first kappa shape index (κ1) is 13.7. The summed E-state index contributed by atoms with van der Waals surface area (Å²) in [7, 11) is 0. The van der Waals surface area contributed by atoms with E-state index in [-0.39, 0.29) is 0 Å². The van der Waals surface area contributed by atoms with Crippen LogP contribution in [0.1, 0.15) is 51.2 Å². The molecule has 3 heteroatoms. The van der Waals surface area contributed by atoms with E-state index in [0.717, 1.165) is 12.1 Å². The van der Waals surface area contributed by atoms with E-state index >= 15 is 0 Å². The first-order valence-corrected chi connectivity index (χ1v) is 7.25. The van der Waals surface area contributed by atoms with Gasteiger partial charge in [0.1, 0.15) is 0 Å². The van der Waals surface area contributed by atoms with Crippen molar-refractivity contribution in [3.63, 3.8) is 0 Å². The van der Waals surface area contributed by atoms with Crippen LogP contribution in [0.2, 0.25) is 5.02 Å². The van der Waals surface area contributed by atoms with Gasteiger partial charge in [0.25, 0.3) is 0 Å². The second-order valence-electron chi connectivity index (χ2n) is 5.16. The van der Waals surface area contributed by atoms with Crippen molar-refractivity contribution >= 4 is 17.3 Å². The van der Waals surface area contributed by atoms with E-state index in [1.165, 1.54) is 31.4 Å². The number of halogens is 1. The van der Waals surface area contributed by atoms with Gasteiger partial charge in [-0.2, -0.15) is 0 Å². The van der Waals surface area contributed by atoms with Crippen LogP contribution in [0, 0.1) is 0 Å². The molecule has 0 aromatic heterocycles. The smallest absolute Gasteiger partial charge is 0.0776 e. The zero-order valence-electron chi connectivity index (χ0n) is 11.2. The summed E-state index contributed by atoms with van der Waals surface area (Å²) in [5, 5.41) is 10.3. The third-order valence-corrected chi connectivity index (χ3v) is 3.83. The zero-order chi connectivity index (χ0) is 13.1. The topological polar surface area (TPSA) is 23.5 Å². The lowest BCUT2D eigenvalue weighted by Gasteiger charge is -2.25. The Kier molecular flexibility index (Phi) is 4.52. The number of aliphatic hydroxyl groups excluding tert-OH is 1. The third-order valence-electron chi connectivity index (χ3n) is 3.51. The second kappa shape index (κ2) is 5.94. The Labute approximate surface area is 115 Å². The minimum Gasteiger partial charge on any atom is -0.389 e. The van der Waals surface area contributed by atoms with E-state index in [1.807, 2.05) is 12.1 Å². The quantitative estimate of drug-likeness (QED) is 0.837. The Morgan fingerprint density at radius 1 is 1.44 bits per heavy atom. The third kappa shape index (κ3) is 3.18. The van der Waals surface area contributed by atoms with E-state index in [4.69, 9.17) is 11.6 Å². The van der Waals surface area contributed by atoms with Crippen LogP contribution in [0.15, 0.2) is 18.2 Å². The van der Waals surface area contributed by atoms with Gasteiger partial charge < -0.3 is 10.0 Å². The highest BCUT2D eigenvalue weighted by atomic mass is 35.5. The minimum absolute atomic E-state index is 0.503. The van der Waals surface area contributed by atoms with Gasteiger partial charge in [0.2, 0.25) is 0 Å². The normalized spacial score (nSPS) is 16.7. The summed E-state index contributed by atoms with van der Waals surface area (Å²) in [6.45, 7) is 5.07. The van der Waals surface area contributed by atoms with Gasteiger partial charge in [-0.05, 0) is 43.9 Å². The molecule has 1 N–H and O–H groups in total. The Hall–Kier alpha value is -0.730. The molecule has 0 heterocycles. The highest BCUT2D eigenvalue weighted by Crippen LogP contribution is 2.35. The molecule has 1 aromatic rings. The molecular weight excluding hydrogens is 246 g/mol. The lowest BCUT2D eigenvalue weighted by molar-refractivity contribution is 0.199. The Morgan fingerprint density at radius 3 is 2.67 bits per heavy atom. The summed E-state index contributed by atoms with van der Waals surface area (Å²) in [4.78, 5) is 2.46. The Balaban J connectivity index is 2.17. The first-order chi connectivity index (χ1) is 8.63. The molecule has 0 bridgehead atoms. The maximum absolute atomic E-state index is 9.60. The summed E-state index contributed by atoms with van der Waals surface area (Å²) < 4.78 is 0. The Morgan fingerprint density at radius 2 is 2.17 bits per heavy atom. The van der Waals surface area contributed by atoms with Crippen molar-refractivity contribution < 1.29 is 5.11 Å². The monoisotopic (exact) mass is 267 g/mol. The van der Waals surface area contributed by atoms with Crippen molar-refractivity contribution in [1.82, 2.24) is 0 Å². The fourth-order valence-electron chi connectivity index (χ4n) is 2.27. The maximum Gasteiger partial charge on any atom is 0.0776 e. The Bertz CT molecular complexity index is 401. The number of rotatable bonds is 6. The predicted molar refractivity (Wildman–Crippen MR) is 77.4 cm³/mol. The van der Waals surface area contributed by atoms with Crippen LogP contribution in [0.25, 0.3) is 0 Å². The SMILES string of the molecule is CCCCN(c1ccc(C(C)O)c(Cl)c1)C1CC1. The highest BCUT2D eigenvalue weighted by Gasteiger charge is 2.29. The number of unbranched alkanes of at least 4 members (excludes halogenated alkanes) is 1. The summed E-state index contributed by atoms with van der Waals surface area (Å²) in [5.74, 6) is 0. The molecule has 0 aliphatic heterocycles. The molecule has 2 nitrogen and oxygen atoms in total. The van der Waals surface area contributed by atoms with E-state index in [9.17, 15) is 5.11 Å². The van der Waals surface area contributed by atoms with Gasteiger partial charge in [-0.1, -0.05) is 31.0 Å². The van der Waals surface area contributed by atoms with Crippen molar-refractivity contribution in [1.29, 1.82) is 0 Å². The molecule has 100 valence electrons. The molecule has 1 saturated carbocycles. The second-order valence-corrected chi connectivity index (χ2v) is 5.57. The van der Waals surface area contributed by atoms with Crippen LogP contribution in [0.5, 0.6) is 0 Å². The van der Waals surface area contributed by atoms with Crippen LogP contribution < -0.4 is 4.90 Å². The van der Waals surface area contributed by atoms with Gasteiger partial charge in [0, 0.05) is 23.3 Å². The molecule has 1 aromatic carbocycles. The molecular formula is C15H22ClNO. The maximum atomic E-state index is 9.60. The number of aliphatic hydroxyl groups is 1. The standard InChI is InChI=1S/C15H22ClNO/c1-3-4-9-17(12-5-6-12)13-7-8-14(11(2)18)15(16)10-13/h7-8,10-12,18H,3-6,9H2,1-2H3. The van der Waals surface area contributed by atoms with Crippen molar-refractivity contribution in [2.75, 3.05) is 11.4 Å². The number of nitrogens with zero attached hydrogens (tertiary/aromatic N) is 1. The number of hydrogen-bond acceptors (Lipinski definition) is 2. The minimum atomic E-state index is -0.503. The molecule has 0 amide bonds. The molecule has 0 radical (unpaired) electrons. The fraction of sp³-hybridized carbons (Fsp3) is 0.600. The zero-order valence-corrected chi connectivity index (χ0v) is 12.0. The lowest BCUT2D eigenvalue weighted by atomic mass is 10.1. The molecule has 1 atom stereocenters. The molecule has 1 unspecified atom stereocenters. The van der Waals surface area contributed by atoms with E-state index in [0.29, 0.717) is 11.1 Å². The van der Waals surface area contributed by atoms with Crippen LogP contribution in [0.3, 0.4) is 0 Å². The van der Waals surface area contributed by atoms with Gasteiger partial charge in [-0.15, -0.1) is 0 Å². The average Bonchev–Trinajstić information content (AvgIpc) is 3.13. The van der Waals surface area contributed by atoms with Gasteiger partial charge in [-0.25, -0.2) is 0 Å². The number of benzene rings is 1. The number of anilines is 1. The van der Waals surface area contributed by atoms with Crippen LogP contribution >= 0.6 is 11.6 Å². The molecule has 0 saturated heterocycles. The predicted octanol–water partition coefficient (Wildman–Crippen LogP) is 4.16. The van der Waals surface area contributed by atoms with Crippen molar-refractivity contribution in [2.24, 2.45) is 0 Å². The summed E-state index contributed by atoms with van der Waals surface area (Å²) in [6, 6.07) is 6.73. The van der Waals surface area contributed by atoms with E-state index < -0.39 is 6.10 Å². The molecule has 18 heavy (non-hydrogen) atoms. The van der Waals surface area contributed by atoms with Gasteiger partial charge in [0.15, 0.2) is 0 Å². The van der Waals surface area contributed by atoms with Gasteiger partial charge in [0.05, 0.1) is 6.10 Å². The molecule has 1 aliphatic carbocycles. The van der Waals surface area contributed by atoms with Crippen LogP contribution in [-0.4, -0.2) is 17.7 Å². The average molecular weight is 268 g/mol. The van der Waals surface area contributed by atoms with Crippen molar-refractivity contribution in [2.45, 2.75) is 51.7 Å². The molecule has 1 fully saturated rings.